The van der Waals surface area contributed by atoms with Gasteiger partial charge in [-0.1, -0.05) is 0 Å². The van der Waals surface area contributed by atoms with Crippen molar-refractivity contribution in [1.29, 1.82) is 0 Å². The van der Waals surface area contributed by atoms with Gasteiger partial charge < -0.3 is 19.8 Å². The molecule has 2 aromatic heterocycles. The highest BCUT2D eigenvalue weighted by molar-refractivity contribution is 6.29. The third-order valence-electron chi connectivity index (χ3n) is 4.24. The maximum absolute atomic E-state index is 12.5. The minimum atomic E-state index is -0.226. The van der Waals surface area contributed by atoms with Crippen molar-refractivity contribution in [3.05, 3.63) is 23.2 Å². The molecule has 0 bridgehead atoms. The molecule has 8 heteroatoms. The van der Waals surface area contributed by atoms with E-state index in [1.165, 1.54) is 0 Å². The van der Waals surface area contributed by atoms with Gasteiger partial charge in [0.1, 0.15) is 0 Å². The van der Waals surface area contributed by atoms with Gasteiger partial charge in [-0.25, -0.2) is 9.97 Å². The number of fused-ring (bicyclic) bond motifs is 1. The Morgan fingerprint density at radius 3 is 2.88 bits per heavy atom. The molecule has 2 heterocycles. The zero-order chi connectivity index (χ0) is 16.9. The summed E-state index contributed by atoms with van der Waals surface area (Å²) in [5.41, 5.74) is 1.53. The van der Waals surface area contributed by atoms with Crippen LogP contribution in [0.4, 0.5) is 0 Å². The monoisotopic (exact) mass is 352 g/mol. The van der Waals surface area contributed by atoms with Gasteiger partial charge in [0, 0.05) is 19.3 Å². The van der Waals surface area contributed by atoms with Crippen LogP contribution in [0.2, 0.25) is 5.28 Å². The van der Waals surface area contributed by atoms with Crippen LogP contribution in [0, 0.1) is 0 Å². The summed E-state index contributed by atoms with van der Waals surface area (Å²) in [4.78, 5) is 23.7. The molecule has 24 heavy (non-hydrogen) atoms. The Morgan fingerprint density at radius 1 is 1.33 bits per heavy atom. The fourth-order valence-corrected chi connectivity index (χ4v) is 3.18. The van der Waals surface area contributed by atoms with E-state index in [-0.39, 0.29) is 29.0 Å². The standard InChI is InChI=1S/C16H21ClN4O3/c1-23-8-9-24-11-4-2-10(3-5-11)19-15(22)14-13-12(6-7-18-13)20-16(17)21-14/h6-7,10-11,18H,2-5,8-9H2,1H3,(H,19,22). The van der Waals surface area contributed by atoms with Crippen molar-refractivity contribution in [2.75, 3.05) is 20.3 Å². The molecule has 0 aliphatic heterocycles. The third-order valence-corrected chi connectivity index (χ3v) is 4.41. The van der Waals surface area contributed by atoms with Crippen LogP contribution >= 0.6 is 11.6 Å². The van der Waals surface area contributed by atoms with Crippen molar-refractivity contribution in [2.45, 2.75) is 37.8 Å². The predicted molar refractivity (Wildman–Crippen MR) is 90.2 cm³/mol. The Hall–Kier alpha value is -1.70. The van der Waals surface area contributed by atoms with Crippen LogP contribution in [-0.4, -0.2) is 53.3 Å². The number of halogens is 1. The second kappa shape index (κ2) is 7.92. The molecule has 1 aliphatic rings. The maximum Gasteiger partial charge on any atom is 0.272 e. The normalized spacial score (nSPS) is 21.1. The number of aromatic nitrogens is 3. The van der Waals surface area contributed by atoms with Crippen molar-refractivity contribution >= 4 is 28.5 Å². The molecule has 3 rings (SSSR count). The molecule has 130 valence electrons. The zero-order valence-electron chi connectivity index (χ0n) is 13.5. The Balaban J connectivity index is 1.57. The van der Waals surface area contributed by atoms with E-state index in [0.29, 0.717) is 24.2 Å². The molecular formula is C16H21ClN4O3. The molecular weight excluding hydrogens is 332 g/mol. The second-order valence-electron chi connectivity index (χ2n) is 5.89. The topological polar surface area (TPSA) is 89.1 Å². The van der Waals surface area contributed by atoms with Crippen molar-refractivity contribution in [1.82, 2.24) is 20.3 Å². The first-order valence-electron chi connectivity index (χ1n) is 8.09. The van der Waals surface area contributed by atoms with Crippen LogP contribution in [0.25, 0.3) is 11.0 Å². The molecule has 0 atom stereocenters. The fraction of sp³-hybridized carbons (Fsp3) is 0.562. The Bertz CT molecular complexity index is 698. The van der Waals surface area contributed by atoms with E-state index in [0.717, 1.165) is 25.7 Å². The molecule has 0 radical (unpaired) electrons. The lowest BCUT2D eigenvalue weighted by Gasteiger charge is -2.29. The molecule has 7 nitrogen and oxygen atoms in total. The summed E-state index contributed by atoms with van der Waals surface area (Å²) in [5, 5.41) is 3.12. The quantitative estimate of drug-likeness (QED) is 0.615. The van der Waals surface area contributed by atoms with E-state index in [9.17, 15) is 4.79 Å². The molecule has 1 fully saturated rings. The highest BCUT2D eigenvalue weighted by Crippen LogP contribution is 2.22. The van der Waals surface area contributed by atoms with Crippen molar-refractivity contribution in [3.8, 4) is 0 Å². The number of carbonyl (C=O) groups is 1. The fourth-order valence-electron chi connectivity index (χ4n) is 3.01. The third kappa shape index (κ3) is 4.03. The molecule has 1 amide bonds. The molecule has 0 saturated heterocycles. The summed E-state index contributed by atoms with van der Waals surface area (Å²) in [5.74, 6) is -0.226. The van der Waals surface area contributed by atoms with E-state index in [4.69, 9.17) is 21.1 Å². The summed E-state index contributed by atoms with van der Waals surface area (Å²) in [7, 11) is 1.66. The van der Waals surface area contributed by atoms with E-state index in [1.54, 1.807) is 19.4 Å². The van der Waals surface area contributed by atoms with Crippen molar-refractivity contribution in [2.24, 2.45) is 0 Å². The molecule has 0 spiro atoms. The van der Waals surface area contributed by atoms with Gasteiger partial charge in [-0.3, -0.25) is 4.79 Å². The first kappa shape index (κ1) is 17.1. The molecule has 1 aliphatic carbocycles. The zero-order valence-corrected chi connectivity index (χ0v) is 14.3. The molecule has 0 aromatic carbocycles. The predicted octanol–water partition coefficient (Wildman–Crippen LogP) is 2.32. The van der Waals surface area contributed by atoms with Crippen LogP contribution in [0.5, 0.6) is 0 Å². The van der Waals surface area contributed by atoms with Gasteiger partial charge >= 0.3 is 0 Å². The summed E-state index contributed by atoms with van der Waals surface area (Å²) in [6.45, 7) is 1.22. The average molecular weight is 353 g/mol. The number of nitrogens with one attached hydrogen (secondary N) is 2. The highest BCUT2D eigenvalue weighted by Gasteiger charge is 2.24. The number of rotatable bonds is 6. The van der Waals surface area contributed by atoms with Crippen LogP contribution in [-0.2, 0) is 9.47 Å². The number of amides is 1. The number of nitrogens with zero attached hydrogens (tertiary/aromatic N) is 2. The summed E-state index contributed by atoms with van der Waals surface area (Å²) < 4.78 is 10.7. The van der Waals surface area contributed by atoms with Gasteiger partial charge in [0.05, 0.1) is 30.4 Å². The molecule has 1 saturated carbocycles. The molecule has 2 aromatic rings. The van der Waals surface area contributed by atoms with Crippen LogP contribution in [0.15, 0.2) is 12.3 Å². The Morgan fingerprint density at radius 2 is 2.12 bits per heavy atom. The largest absolute Gasteiger partial charge is 0.382 e. The highest BCUT2D eigenvalue weighted by atomic mass is 35.5. The van der Waals surface area contributed by atoms with E-state index in [1.807, 2.05) is 0 Å². The number of hydrogen-bond donors (Lipinski definition) is 2. The molecule has 2 N–H and O–H groups in total. The lowest BCUT2D eigenvalue weighted by molar-refractivity contribution is -0.00409. The summed E-state index contributed by atoms with van der Waals surface area (Å²) >= 11 is 5.90. The first-order chi connectivity index (χ1) is 11.7. The van der Waals surface area contributed by atoms with Gasteiger partial charge in [0.25, 0.3) is 5.91 Å². The first-order valence-corrected chi connectivity index (χ1v) is 8.47. The van der Waals surface area contributed by atoms with Gasteiger partial charge in [0.2, 0.25) is 5.28 Å². The minimum absolute atomic E-state index is 0.0718. The van der Waals surface area contributed by atoms with Gasteiger partial charge in [-0.15, -0.1) is 0 Å². The van der Waals surface area contributed by atoms with E-state index >= 15 is 0 Å². The Labute approximate surface area is 145 Å². The number of hydrogen-bond acceptors (Lipinski definition) is 5. The SMILES string of the molecule is COCCOC1CCC(NC(=O)c2nc(Cl)nc3cc[nH]c23)CC1. The number of ether oxygens (including phenoxy) is 2. The lowest BCUT2D eigenvalue weighted by atomic mass is 9.93. The lowest BCUT2D eigenvalue weighted by Crippen LogP contribution is -2.39. The van der Waals surface area contributed by atoms with E-state index < -0.39 is 0 Å². The van der Waals surface area contributed by atoms with Crippen LogP contribution in [0.1, 0.15) is 36.2 Å². The van der Waals surface area contributed by atoms with Crippen LogP contribution < -0.4 is 5.32 Å². The van der Waals surface area contributed by atoms with Crippen molar-refractivity contribution in [3.63, 3.8) is 0 Å². The number of aromatic amines is 1. The average Bonchev–Trinajstić information content (AvgIpc) is 3.04. The minimum Gasteiger partial charge on any atom is -0.382 e. The van der Waals surface area contributed by atoms with Gasteiger partial charge in [-0.2, -0.15) is 0 Å². The maximum atomic E-state index is 12.5. The summed E-state index contributed by atoms with van der Waals surface area (Å²) in [6, 6.07) is 1.89. The van der Waals surface area contributed by atoms with Gasteiger partial charge in [0.15, 0.2) is 5.69 Å². The summed E-state index contributed by atoms with van der Waals surface area (Å²) in [6.07, 6.45) is 5.59. The molecule has 0 unspecified atom stereocenters. The van der Waals surface area contributed by atoms with Crippen LogP contribution in [0.3, 0.4) is 0 Å². The van der Waals surface area contributed by atoms with Crippen molar-refractivity contribution < 1.29 is 14.3 Å². The number of methoxy groups -OCH3 is 1. The number of carbonyl (C=O) groups excluding carboxylic acids is 1. The number of H-pyrrole nitrogens is 1. The van der Waals surface area contributed by atoms with E-state index in [2.05, 4.69) is 20.3 Å². The van der Waals surface area contributed by atoms with Gasteiger partial charge in [-0.05, 0) is 43.4 Å². The Kier molecular flexibility index (Phi) is 5.65. The second-order valence-corrected chi connectivity index (χ2v) is 6.23. The smallest absolute Gasteiger partial charge is 0.272 e.